The Hall–Kier alpha value is -2.89. The zero-order chi connectivity index (χ0) is 17.3. The fourth-order valence-electron chi connectivity index (χ4n) is 2.37. The van der Waals surface area contributed by atoms with Crippen LogP contribution in [0.3, 0.4) is 0 Å². The Labute approximate surface area is 139 Å². The van der Waals surface area contributed by atoms with E-state index >= 15 is 0 Å². The minimum atomic E-state index is -0.974. The second-order valence-electron chi connectivity index (χ2n) is 6.64. The molecule has 0 spiro atoms. The van der Waals surface area contributed by atoms with E-state index in [0.29, 0.717) is 23.9 Å². The van der Waals surface area contributed by atoms with Gasteiger partial charge in [0.25, 0.3) is 0 Å². The van der Waals surface area contributed by atoms with Crippen LogP contribution in [0.5, 0.6) is 0 Å². The number of aromatic nitrogens is 2. The van der Waals surface area contributed by atoms with Crippen LogP contribution in [0.15, 0.2) is 41.1 Å². The molecule has 0 aliphatic rings. The molecule has 2 N–H and O–H groups in total. The summed E-state index contributed by atoms with van der Waals surface area (Å²) in [6, 6.07) is 6.82. The largest absolute Gasteiger partial charge is 0.478 e. The lowest BCUT2D eigenvalue weighted by Gasteiger charge is -2.12. The summed E-state index contributed by atoms with van der Waals surface area (Å²) in [5.74, 6) is 0.379. The minimum Gasteiger partial charge on any atom is -0.478 e. The van der Waals surface area contributed by atoms with E-state index in [4.69, 9.17) is 4.42 Å². The van der Waals surface area contributed by atoms with Crippen molar-refractivity contribution in [2.24, 2.45) is 0 Å². The van der Waals surface area contributed by atoms with Gasteiger partial charge in [0.05, 0.1) is 29.5 Å². The number of rotatable bonds is 4. The van der Waals surface area contributed by atoms with Gasteiger partial charge < -0.3 is 14.8 Å². The second-order valence-corrected chi connectivity index (χ2v) is 6.64. The van der Waals surface area contributed by atoms with Crippen molar-refractivity contribution in [3.63, 3.8) is 0 Å². The van der Waals surface area contributed by atoms with Gasteiger partial charge in [-0.2, -0.15) is 0 Å². The second kappa shape index (κ2) is 5.96. The van der Waals surface area contributed by atoms with Crippen LogP contribution in [0.1, 0.15) is 42.8 Å². The molecule has 0 saturated heterocycles. The summed E-state index contributed by atoms with van der Waals surface area (Å²) in [6.07, 6.45) is 3.37. The number of benzene rings is 1. The van der Waals surface area contributed by atoms with E-state index in [2.05, 4.69) is 15.3 Å². The molecule has 2 aromatic heterocycles. The van der Waals surface area contributed by atoms with E-state index in [-0.39, 0.29) is 11.0 Å². The third-order valence-corrected chi connectivity index (χ3v) is 3.60. The maximum Gasteiger partial charge on any atom is 0.335 e. The van der Waals surface area contributed by atoms with Crippen molar-refractivity contribution in [3.05, 3.63) is 53.9 Å². The van der Waals surface area contributed by atoms with Gasteiger partial charge in [-0.1, -0.05) is 26.8 Å². The number of pyridine rings is 1. The van der Waals surface area contributed by atoms with Gasteiger partial charge in [0.15, 0.2) is 5.89 Å². The summed E-state index contributed by atoms with van der Waals surface area (Å²) in [7, 11) is 0. The Balaban J connectivity index is 1.89. The SMILES string of the molecule is CC(C)(C)c1ncc(CNc2cc(C(=O)O)cc3cccnc23)o1. The van der Waals surface area contributed by atoms with E-state index in [0.717, 1.165) is 10.9 Å². The lowest BCUT2D eigenvalue weighted by atomic mass is 9.97. The molecule has 0 aliphatic heterocycles. The Bertz CT molecular complexity index is 894. The van der Waals surface area contributed by atoms with Crippen molar-refractivity contribution in [3.8, 4) is 0 Å². The van der Waals surface area contributed by atoms with Crippen molar-refractivity contribution < 1.29 is 14.3 Å². The number of carbonyl (C=O) groups is 1. The van der Waals surface area contributed by atoms with Crippen molar-refractivity contribution >= 4 is 22.6 Å². The molecule has 0 amide bonds. The maximum atomic E-state index is 11.3. The summed E-state index contributed by atoms with van der Waals surface area (Å²) >= 11 is 0. The third-order valence-electron chi connectivity index (χ3n) is 3.60. The highest BCUT2D eigenvalue weighted by Gasteiger charge is 2.20. The number of carboxylic acid groups (broad SMARTS) is 1. The van der Waals surface area contributed by atoms with Crippen LogP contribution in [0.2, 0.25) is 0 Å². The fraction of sp³-hybridized carbons (Fsp3) is 0.278. The molecule has 0 fully saturated rings. The summed E-state index contributed by atoms with van der Waals surface area (Å²) in [4.78, 5) is 19.9. The van der Waals surface area contributed by atoms with Crippen LogP contribution >= 0.6 is 0 Å². The molecular weight excluding hydrogens is 306 g/mol. The highest BCUT2D eigenvalue weighted by molar-refractivity contribution is 5.99. The Morgan fingerprint density at radius 2 is 2.08 bits per heavy atom. The summed E-state index contributed by atoms with van der Waals surface area (Å²) in [6.45, 7) is 6.50. The normalized spacial score (nSPS) is 11.6. The Morgan fingerprint density at radius 3 is 2.75 bits per heavy atom. The van der Waals surface area contributed by atoms with Gasteiger partial charge in [0.1, 0.15) is 5.76 Å². The molecule has 6 heteroatoms. The van der Waals surface area contributed by atoms with Crippen LogP contribution < -0.4 is 5.32 Å². The lowest BCUT2D eigenvalue weighted by molar-refractivity contribution is 0.0697. The molecule has 3 aromatic rings. The van der Waals surface area contributed by atoms with Crippen LogP contribution in [-0.2, 0) is 12.0 Å². The molecule has 1 aromatic carbocycles. The molecule has 3 rings (SSSR count). The van der Waals surface area contributed by atoms with Crippen LogP contribution in [0.4, 0.5) is 5.69 Å². The number of hydrogen-bond donors (Lipinski definition) is 2. The number of nitrogens with one attached hydrogen (secondary N) is 1. The smallest absolute Gasteiger partial charge is 0.335 e. The summed E-state index contributed by atoms with van der Waals surface area (Å²) < 4.78 is 5.75. The van der Waals surface area contributed by atoms with Crippen molar-refractivity contribution in [2.75, 3.05) is 5.32 Å². The molecule has 0 unspecified atom stereocenters. The molecule has 24 heavy (non-hydrogen) atoms. The molecule has 0 atom stereocenters. The zero-order valence-corrected chi connectivity index (χ0v) is 13.8. The Morgan fingerprint density at radius 1 is 1.29 bits per heavy atom. The predicted molar refractivity (Wildman–Crippen MR) is 91.2 cm³/mol. The number of anilines is 1. The molecule has 0 saturated carbocycles. The van der Waals surface area contributed by atoms with Crippen molar-refractivity contribution in [2.45, 2.75) is 32.7 Å². The van der Waals surface area contributed by atoms with Gasteiger partial charge in [0.2, 0.25) is 0 Å². The van der Waals surface area contributed by atoms with Gasteiger partial charge in [-0.25, -0.2) is 9.78 Å². The minimum absolute atomic E-state index is 0.157. The van der Waals surface area contributed by atoms with Crippen LogP contribution in [-0.4, -0.2) is 21.0 Å². The molecule has 2 heterocycles. The third kappa shape index (κ3) is 3.22. The first-order valence-electron chi connectivity index (χ1n) is 7.66. The topological polar surface area (TPSA) is 88.2 Å². The maximum absolute atomic E-state index is 11.3. The van der Waals surface area contributed by atoms with Gasteiger partial charge >= 0.3 is 5.97 Å². The average molecular weight is 325 g/mol. The highest BCUT2D eigenvalue weighted by Crippen LogP contribution is 2.25. The van der Waals surface area contributed by atoms with E-state index in [1.165, 1.54) is 0 Å². The molecule has 0 radical (unpaired) electrons. The number of nitrogens with zero attached hydrogens (tertiary/aromatic N) is 2. The number of carboxylic acids is 1. The zero-order valence-electron chi connectivity index (χ0n) is 13.8. The molecule has 6 nitrogen and oxygen atoms in total. The van der Waals surface area contributed by atoms with E-state index in [9.17, 15) is 9.90 Å². The van der Waals surface area contributed by atoms with E-state index in [1.54, 1.807) is 30.6 Å². The summed E-state index contributed by atoms with van der Waals surface area (Å²) in [5.41, 5.74) is 1.43. The molecule has 124 valence electrons. The van der Waals surface area contributed by atoms with E-state index < -0.39 is 5.97 Å². The lowest BCUT2D eigenvalue weighted by Crippen LogP contribution is -2.11. The summed E-state index contributed by atoms with van der Waals surface area (Å²) in [5, 5.41) is 13.2. The number of aromatic carboxylic acids is 1. The van der Waals surface area contributed by atoms with Gasteiger partial charge in [-0.15, -0.1) is 0 Å². The van der Waals surface area contributed by atoms with Crippen molar-refractivity contribution in [1.29, 1.82) is 0 Å². The average Bonchev–Trinajstić information content (AvgIpc) is 3.01. The monoisotopic (exact) mass is 325 g/mol. The molecule has 0 bridgehead atoms. The van der Waals surface area contributed by atoms with Gasteiger partial charge in [0, 0.05) is 17.0 Å². The fourth-order valence-corrected chi connectivity index (χ4v) is 2.37. The van der Waals surface area contributed by atoms with E-state index in [1.807, 2.05) is 26.8 Å². The van der Waals surface area contributed by atoms with Crippen LogP contribution in [0, 0.1) is 0 Å². The molecule has 0 aliphatic carbocycles. The first-order chi connectivity index (χ1) is 11.3. The van der Waals surface area contributed by atoms with Gasteiger partial charge in [-0.3, -0.25) is 4.98 Å². The van der Waals surface area contributed by atoms with Crippen LogP contribution in [0.25, 0.3) is 10.9 Å². The highest BCUT2D eigenvalue weighted by atomic mass is 16.4. The molecular formula is C18H19N3O3. The van der Waals surface area contributed by atoms with Crippen molar-refractivity contribution in [1.82, 2.24) is 9.97 Å². The number of oxazole rings is 1. The standard InChI is InChI=1S/C18H19N3O3/c1-18(2,3)17-21-10-13(24-17)9-20-14-8-12(16(22)23)7-11-5-4-6-19-15(11)14/h4-8,10,20H,9H2,1-3H3,(H,22,23). The number of fused-ring (bicyclic) bond motifs is 1. The first kappa shape index (κ1) is 16.0. The first-order valence-corrected chi connectivity index (χ1v) is 7.66. The number of hydrogen-bond acceptors (Lipinski definition) is 5. The quantitative estimate of drug-likeness (QED) is 0.758. The predicted octanol–water partition coefficient (Wildman–Crippen LogP) is 3.83. The van der Waals surface area contributed by atoms with Gasteiger partial charge in [-0.05, 0) is 18.2 Å². The Kier molecular flexibility index (Phi) is 3.97.